The first-order valence-electron chi connectivity index (χ1n) is 8.47. The average molecular weight is 290 g/mol. The Bertz CT molecular complexity index is 475. The Morgan fingerprint density at radius 1 is 0.905 bits per heavy atom. The van der Waals surface area contributed by atoms with E-state index in [4.69, 9.17) is 4.74 Å². The highest BCUT2D eigenvalue weighted by Gasteiger charge is 2.19. The van der Waals surface area contributed by atoms with Crippen LogP contribution >= 0.6 is 0 Å². The molecule has 0 saturated carbocycles. The van der Waals surface area contributed by atoms with Crippen LogP contribution in [0.1, 0.15) is 80.1 Å². The summed E-state index contributed by atoms with van der Waals surface area (Å²) in [6, 6.07) is 2.07. The van der Waals surface area contributed by atoms with E-state index < -0.39 is 0 Å². The minimum Gasteiger partial charge on any atom is -0.462 e. The van der Waals surface area contributed by atoms with Crippen LogP contribution in [-0.2, 0) is 30.4 Å². The van der Waals surface area contributed by atoms with Gasteiger partial charge in [-0.25, -0.2) is 4.79 Å². The summed E-state index contributed by atoms with van der Waals surface area (Å²) in [5, 5.41) is 0. The van der Waals surface area contributed by atoms with Gasteiger partial charge in [0.1, 0.15) is 0 Å². The monoisotopic (exact) mass is 290 g/mol. The maximum atomic E-state index is 12.4. The minimum atomic E-state index is -0.146. The number of benzene rings is 1. The molecular weight excluding hydrogens is 260 g/mol. The SMILES string of the molecule is CCCCOC(=O)c1cc(CC)c(CC)c(CC)c1CC. The van der Waals surface area contributed by atoms with Crippen molar-refractivity contribution in [2.75, 3.05) is 6.61 Å². The van der Waals surface area contributed by atoms with Gasteiger partial charge in [-0.15, -0.1) is 0 Å². The number of carbonyl (C=O) groups is 1. The van der Waals surface area contributed by atoms with Gasteiger partial charge in [0.05, 0.1) is 12.2 Å². The van der Waals surface area contributed by atoms with Crippen molar-refractivity contribution in [2.24, 2.45) is 0 Å². The summed E-state index contributed by atoms with van der Waals surface area (Å²) in [5.74, 6) is -0.146. The van der Waals surface area contributed by atoms with Crippen LogP contribution in [0.2, 0.25) is 0 Å². The normalized spacial score (nSPS) is 10.7. The zero-order valence-corrected chi connectivity index (χ0v) is 14.3. The van der Waals surface area contributed by atoms with Crippen molar-refractivity contribution in [2.45, 2.75) is 73.1 Å². The van der Waals surface area contributed by atoms with Crippen molar-refractivity contribution in [1.82, 2.24) is 0 Å². The lowest BCUT2D eigenvalue weighted by atomic mass is 9.87. The number of esters is 1. The molecular formula is C19H30O2. The van der Waals surface area contributed by atoms with Gasteiger partial charge >= 0.3 is 5.97 Å². The first kappa shape index (κ1) is 17.7. The van der Waals surface area contributed by atoms with Crippen molar-refractivity contribution in [3.8, 4) is 0 Å². The number of aryl methyl sites for hydroxylation is 1. The second kappa shape index (κ2) is 8.86. The van der Waals surface area contributed by atoms with E-state index in [1.54, 1.807) is 0 Å². The molecule has 1 rings (SSSR count). The first-order valence-corrected chi connectivity index (χ1v) is 8.47. The summed E-state index contributed by atoms with van der Waals surface area (Å²) in [4.78, 5) is 12.4. The zero-order chi connectivity index (χ0) is 15.8. The molecule has 0 spiro atoms. The topological polar surface area (TPSA) is 26.3 Å². The smallest absolute Gasteiger partial charge is 0.338 e. The molecule has 0 aliphatic carbocycles. The maximum Gasteiger partial charge on any atom is 0.338 e. The molecule has 0 aliphatic heterocycles. The molecule has 0 heterocycles. The second-order valence-corrected chi connectivity index (χ2v) is 5.42. The quantitative estimate of drug-likeness (QED) is 0.503. The van der Waals surface area contributed by atoms with E-state index in [9.17, 15) is 4.79 Å². The standard InChI is InChI=1S/C19H30O2/c1-6-11-12-21-19(20)18-13-14(7-2)15(8-3)16(9-4)17(18)10-5/h13H,6-12H2,1-5H3. The summed E-state index contributed by atoms with van der Waals surface area (Å²) in [6.07, 6.45) is 5.85. The Hall–Kier alpha value is -1.31. The third-order valence-electron chi connectivity index (χ3n) is 4.15. The van der Waals surface area contributed by atoms with Crippen molar-refractivity contribution in [3.05, 3.63) is 33.9 Å². The van der Waals surface area contributed by atoms with Gasteiger partial charge in [-0.05, 0) is 60.4 Å². The Labute approximate surface area is 129 Å². The molecule has 0 aromatic heterocycles. The highest BCUT2D eigenvalue weighted by Crippen LogP contribution is 2.27. The van der Waals surface area contributed by atoms with Crippen LogP contribution in [0.25, 0.3) is 0 Å². The Kier molecular flexibility index (Phi) is 7.49. The predicted molar refractivity (Wildman–Crippen MR) is 89.1 cm³/mol. The van der Waals surface area contributed by atoms with Crippen molar-refractivity contribution in [1.29, 1.82) is 0 Å². The highest BCUT2D eigenvalue weighted by molar-refractivity contribution is 5.92. The first-order chi connectivity index (χ1) is 10.1. The fraction of sp³-hybridized carbons (Fsp3) is 0.632. The molecule has 0 N–H and O–H groups in total. The van der Waals surface area contributed by atoms with Gasteiger partial charge in [0.25, 0.3) is 0 Å². The third kappa shape index (κ3) is 4.09. The number of rotatable bonds is 8. The van der Waals surface area contributed by atoms with Gasteiger partial charge in [0.2, 0.25) is 0 Å². The second-order valence-electron chi connectivity index (χ2n) is 5.42. The van der Waals surface area contributed by atoms with Gasteiger partial charge in [-0.1, -0.05) is 41.0 Å². The van der Waals surface area contributed by atoms with E-state index >= 15 is 0 Å². The molecule has 2 nitrogen and oxygen atoms in total. The summed E-state index contributed by atoms with van der Waals surface area (Å²) in [5.41, 5.74) is 6.07. The van der Waals surface area contributed by atoms with E-state index in [0.717, 1.165) is 44.1 Å². The summed E-state index contributed by atoms with van der Waals surface area (Å²) in [7, 11) is 0. The van der Waals surface area contributed by atoms with E-state index in [-0.39, 0.29) is 5.97 Å². The van der Waals surface area contributed by atoms with Gasteiger partial charge in [0, 0.05) is 0 Å². The number of hydrogen-bond donors (Lipinski definition) is 0. The van der Waals surface area contributed by atoms with Gasteiger partial charge in [0.15, 0.2) is 0 Å². The molecule has 1 aromatic carbocycles. The lowest BCUT2D eigenvalue weighted by Crippen LogP contribution is -2.14. The molecule has 2 heteroatoms. The number of carbonyl (C=O) groups excluding carboxylic acids is 1. The Balaban J connectivity index is 3.27. The van der Waals surface area contributed by atoms with Crippen LogP contribution in [-0.4, -0.2) is 12.6 Å². The summed E-state index contributed by atoms with van der Waals surface area (Å²) < 4.78 is 5.44. The zero-order valence-electron chi connectivity index (χ0n) is 14.3. The molecule has 21 heavy (non-hydrogen) atoms. The van der Waals surface area contributed by atoms with Crippen molar-refractivity contribution in [3.63, 3.8) is 0 Å². The van der Waals surface area contributed by atoms with Gasteiger partial charge in [-0.2, -0.15) is 0 Å². The van der Waals surface area contributed by atoms with Crippen molar-refractivity contribution < 1.29 is 9.53 Å². The summed E-state index contributed by atoms with van der Waals surface area (Å²) in [6.45, 7) is 11.3. The predicted octanol–water partition coefficient (Wildman–Crippen LogP) is 4.89. The number of hydrogen-bond acceptors (Lipinski definition) is 2. The van der Waals surface area contributed by atoms with E-state index in [0.29, 0.717) is 6.61 Å². The lowest BCUT2D eigenvalue weighted by Gasteiger charge is -2.19. The molecule has 0 atom stereocenters. The average Bonchev–Trinajstić information content (AvgIpc) is 2.52. The van der Waals surface area contributed by atoms with Crippen LogP contribution in [0.4, 0.5) is 0 Å². The highest BCUT2D eigenvalue weighted by atomic mass is 16.5. The van der Waals surface area contributed by atoms with Crippen LogP contribution in [0.5, 0.6) is 0 Å². The number of ether oxygens (including phenoxy) is 1. The molecule has 0 amide bonds. The maximum absolute atomic E-state index is 12.4. The molecule has 0 fully saturated rings. The fourth-order valence-corrected chi connectivity index (χ4v) is 3.04. The molecule has 0 bridgehead atoms. The van der Waals surface area contributed by atoms with Crippen LogP contribution in [0.15, 0.2) is 6.07 Å². The minimum absolute atomic E-state index is 0.146. The largest absolute Gasteiger partial charge is 0.462 e. The molecule has 0 aliphatic rings. The molecule has 0 saturated heterocycles. The van der Waals surface area contributed by atoms with E-state index in [1.807, 2.05) is 0 Å². The van der Waals surface area contributed by atoms with Crippen LogP contribution in [0, 0.1) is 0 Å². The van der Waals surface area contributed by atoms with E-state index in [2.05, 4.69) is 40.7 Å². The van der Waals surface area contributed by atoms with Crippen LogP contribution < -0.4 is 0 Å². The fourth-order valence-electron chi connectivity index (χ4n) is 3.04. The number of unbranched alkanes of at least 4 members (excludes halogenated alkanes) is 1. The summed E-state index contributed by atoms with van der Waals surface area (Å²) >= 11 is 0. The van der Waals surface area contributed by atoms with Crippen molar-refractivity contribution >= 4 is 5.97 Å². The van der Waals surface area contributed by atoms with E-state index in [1.165, 1.54) is 22.3 Å². The van der Waals surface area contributed by atoms with Crippen LogP contribution in [0.3, 0.4) is 0 Å². The van der Waals surface area contributed by atoms with Gasteiger partial charge in [-0.3, -0.25) is 0 Å². The Morgan fingerprint density at radius 2 is 1.52 bits per heavy atom. The molecule has 0 unspecified atom stereocenters. The molecule has 1 aromatic rings. The molecule has 0 radical (unpaired) electrons. The molecule has 118 valence electrons. The third-order valence-corrected chi connectivity index (χ3v) is 4.15. The Morgan fingerprint density at radius 3 is 2.00 bits per heavy atom. The van der Waals surface area contributed by atoms with Gasteiger partial charge < -0.3 is 4.74 Å². The lowest BCUT2D eigenvalue weighted by molar-refractivity contribution is 0.0498.